The van der Waals surface area contributed by atoms with Crippen molar-refractivity contribution in [2.45, 2.75) is 29.7 Å². The van der Waals surface area contributed by atoms with Crippen LogP contribution in [0.5, 0.6) is 5.75 Å². The molecule has 174 valence electrons. The predicted molar refractivity (Wildman–Crippen MR) is 126 cm³/mol. The van der Waals surface area contributed by atoms with Gasteiger partial charge in [-0.15, -0.1) is 0 Å². The van der Waals surface area contributed by atoms with Gasteiger partial charge in [0.25, 0.3) is 0 Å². The highest BCUT2D eigenvalue weighted by molar-refractivity contribution is 8.00. The summed E-state index contributed by atoms with van der Waals surface area (Å²) < 4.78 is 5.88. The lowest BCUT2D eigenvalue weighted by atomic mass is 9.83. The van der Waals surface area contributed by atoms with Crippen LogP contribution in [0, 0.1) is 12.8 Å². The second-order valence-electron chi connectivity index (χ2n) is 8.25. The molecular formula is C24H20N2O6S2. The first-order valence-corrected chi connectivity index (χ1v) is 12.3. The highest BCUT2D eigenvalue weighted by atomic mass is 32.2. The topological polar surface area (TPSA) is 117 Å². The molecule has 2 amide bonds. The number of carbonyl (C=O) groups excluding carboxylic acids is 2. The first-order valence-electron chi connectivity index (χ1n) is 10.6. The summed E-state index contributed by atoms with van der Waals surface area (Å²) in [5.74, 6) is -2.99. The number of hydrogen-bond donors (Lipinski definition) is 2. The summed E-state index contributed by atoms with van der Waals surface area (Å²) >= 11 is 2.14. The third kappa shape index (κ3) is 4.03. The third-order valence-corrected chi connectivity index (χ3v) is 8.38. The zero-order valence-corrected chi connectivity index (χ0v) is 19.7. The summed E-state index contributed by atoms with van der Waals surface area (Å²) in [6, 6.07) is 15.3. The normalized spacial score (nSPS) is 21.3. The Labute approximate surface area is 202 Å². The van der Waals surface area contributed by atoms with Crippen molar-refractivity contribution >= 4 is 40.9 Å². The van der Waals surface area contributed by atoms with Gasteiger partial charge in [-0.25, -0.2) is 0 Å². The van der Waals surface area contributed by atoms with E-state index in [0.29, 0.717) is 22.3 Å². The number of hydrogen-bond acceptors (Lipinski definition) is 7. The fraction of sp³-hybridized carbons (Fsp3) is 0.250. The predicted octanol–water partition coefficient (Wildman–Crippen LogP) is 3.00. The molecule has 3 heterocycles. The van der Waals surface area contributed by atoms with Gasteiger partial charge in [0.15, 0.2) is 0 Å². The zero-order chi connectivity index (χ0) is 24.0. The average molecular weight is 497 g/mol. The molecule has 2 aliphatic heterocycles. The van der Waals surface area contributed by atoms with Crippen LogP contribution < -0.4 is 9.61 Å². The quantitative estimate of drug-likeness (QED) is 0.504. The molecule has 0 saturated carbocycles. The van der Waals surface area contributed by atoms with E-state index in [4.69, 9.17) is 9.84 Å². The number of benzene rings is 2. The Bertz CT molecular complexity index is 1330. The van der Waals surface area contributed by atoms with Crippen molar-refractivity contribution in [1.29, 1.82) is 0 Å². The smallest absolute Gasteiger partial charge is 0.323 e. The standard InChI is InChI=1S/C24H20N2O6S2/c1-12-2-4-13(5-3-12)11-32-15-8-6-14(7-9-15)17-18-20(33-21-19(17)34-24(31)25-21)23(30)26(22(18)29)10-16(27)28/h2-9,17-18,20H,10-11H2,1H3,(H,25,31)(H,27,28)/t17-,18?,20?/m1/s1. The van der Waals surface area contributed by atoms with Crippen molar-refractivity contribution in [3.8, 4) is 5.75 Å². The maximum absolute atomic E-state index is 13.2. The van der Waals surface area contributed by atoms with E-state index in [-0.39, 0.29) is 4.87 Å². The summed E-state index contributed by atoms with van der Waals surface area (Å²) in [7, 11) is 0. The molecule has 0 radical (unpaired) electrons. The number of aromatic amines is 1. The van der Waals surface area contributed by atoms with Crippen LogP contribution in [0.2, 0.25) is 0 Å². The molecule has 2 aromatic carbocycles. The van der Waals surface area contributed by atoms with Crippen LogP contribution in [-0.2, 0) is 21.0 Å². The van der Waals surface area contributed by atoms with E-state index in [1.165, 1.54) is 5.56 Å². The van der Waals surface area contributed by atoms with Crippen molar-refractivity contribution < 1.29 is 24.2 Å². The Kier molecular flexibility index (Phi) is 5.78. The van der Waals surface area contributed by atoms with Crippen LogP contribution in [0.4, 0.5) is 0 Å². The van der Waals surface area contributed by atoms with Crippen LogP contribution in [0.1, 0.15) is 27.5 Å². The van der Waals surface area contributed by atoms with Gasteiger partial charge in [-0.1, -0.05) is 65.1 Å². The summed E-state index contributed by atoms with van der Waals surface area (Å²) in [4.78, 5) is 53.3. The van der Waals surface area contributed by atoms with E-state index in [0.717, 1.165) is 39.1 Å². The Balaban J connectivity index is 1.44. The molecule has 8 nitrogen and oxygen atoms in total. The molecule has 34 heavy (non-hydrogen) atoms. The molecule has 0 bridgehead atoms. The zero-order valence-electron chi connectivity index (χ0n) is 18.0. The lowest BCUT2D eigenvalue weighted by Gasteiger charge is -2.29. The molecule has 2 aliphatic rings. The van der Waals surface area contributed by atoms with Gasteiger partial charge < -0.3 is 14.8 Å². The van der Waals surface area contributed by atoms with Crippen LogP contribution in [-0.4, -0.2) is 44.6 Å². The van der Waals surface area contributed by atoms with Crippen LogP contribution >= 0.6 is 23.1 Å². The number of carboxylic acid groups (broad SMARTS) is 1. The molecule has 5 rings (SSSR count). The number of H-pyrrole nitrogens is 1. The van der Waals surface area contributed by atoms with Gasteiger partial charge in [-0.2, -0.15) is 0 Å². The number of thioether (sulfide) groups is 1. The number of nitrogens with zero attached hydrogens (tertiary/aromatic N) is 1. The van der Waals surface area contributed by atoms with Gasteiger partial charge in [0.05, 0.1) is 10.9 Å². The monoisotopic (exact) mass is 496 g/mol. The van der Waals surface area contributed by atoms with Gasteiger partial charge in [0, 0.05) is 10.8 Å². The van der Waals surface area contributed by atoms with E-state index in [9.17, 15) is 19.2 Å². The number of carboxylic acids is 1. The molecular weight excluding hydrogens is 476 g/mol. The Morgan fingerprint density at radius 2 is 1.76 bits per heavy atom. The van der Waals surface area contributed by atoms with E-state index in [1.807, 2.05) is 43.3 Å². The summed E-state index contributed by atoms with van der Waals surface area (Å²) in [6.07, 6.45) is 0. The number of carbonyl (C=O) groups is 3. The van der Waals surface area contributed by atoms with Crippen molar-refractivity contribution in [2.75, 3.05) is 6.54 Å². The molecule has 1 aromatic heterocycles. The van der Waals surface area contributed by atoms with E-state index >= 15 is 0 Å². The fourth-order valence-corrected chi connectivity index (χ4v) is 6.88. The second-order valence-corrected chi connectivity index (χ2v) is 10.4. The maximum Gasteiger partial charge on any atom is 0.323 e. The second kappa shape index (κ2) is 8.77. The lowest BCUT2D eigenvalue weighted by Crippen LogP contribution is -2.36. The SMILES string of the molecule is Cc1ccc(COc2ccc([C@H]3c4sc(=O)[nH]c4SC4C(=O)N(CC(=O)O)C(=O)C43)cc2)cc1. The number of thiazole rings is 1. The van der Waals surface area contributed by atoms with E-state index < -0.39 is 41.4 Å². The molecule has 0 spiro atoms. The van der Waals surface area contributed by atoms with Crippen molar-refractivity contribution in [1.82, 2.24) is 9.88 Å². The van der Waals surface area contributed by atoms with Gasteiger partial charge in [-0.05, 0) is 30.2 Å². The number of likely N-dealkylation sites (tertiary alicyclic amines) is 1. The summed E-state index contributed by atoms with van der Waals surface area (Å²) in [5, 5.41) is 8.93. The molecule has 10 heteroatoms. The maximum atomic E-state index is 13.2. The molecule has 1 fully saturated rings. The highest BCUT2D eigenvalue weighted by Gasteiger charge is 2.56. The molecule has 2 N–H and O–H groups in total. The number of ether oxygens (including phenoxy) is 1. The fourth-order valence-electron chi connectivity index (χ4n) is 4.35. The molecule has 3 aromatic rings. The highest BCUT2D eigenvalue weighted by Crippen LogP contribution is 2.52. The Morgan fingerprint density at radius 3 is 2.44 bits per heavy atom. The first kappa shape index (κ1) is 22.4. The van der Waals surface area contributed by atoms with Gasteiger partial charge in [-0.3, -0.25) is 24.1 Å². The molecule has 1 saturated heterocycles. The number of aryl methyl sites for hydroxylation is 1. The van der Waals surface area contributed by atoms with Crippen molar-refractivity contribution in [2.24, 2.45) is 5.92 Å². The molecule has 2 unspecified atom stereocenters. The van der Waals surface area contributed by atoms with Crippen molar-refractivity contribution in [3.05, 3.63) is 79.8 Å². The minimum atomic E-state index is -1.25. The molecule has 3 atom stereocenters. The Morgan fingerprint density at radius 1 is 1.06 bits per heavy atom. The van der Waals surface area contributed by atoms with Crippen LogP contribution in [0.15, 0.2) is 58.4 Å². The average Bonchev–Trinajstić information content (AvgIpc) is 3.29. The number of aliphatic carboxylic acids is 1. The number of imide groups is 1. The minimum absolute atomic E-state index is 0.261. The number of nitrogens with one attached hydrogen (secondary N) is 1. The number of rotatable bonds is 6. The Hall–Kier alpha value is -3.37. The lowest BCUT2D eigenvalue weighted by molar-refractivity contribution is -0.149. The number of fused-ring (bicyclic) bond motifs is 2. The number of amides is 2. The number of aromatic nitrogens is 1. The summed E-state index contributed by atoms with van der Waals surface area (Å²) in [5.41, 5.74) is 2.97. The first-order chi connectivity index (χ1) is 16.3. The minimum Gasteiger partial charge on any atom is -0.489 e. The van der Waals surface area contributed by atoms with E-state index in [1.54, 1.807) is 12.1 Å². The largest absolute Gasteiger partial charge is 0.489 e. The molecule has 0 aliphatic carbocycles. The van der Waals surface area contributed by atoms with Crippen LogP contribution in [0.3, 0.4) is 0 Å². The van der Waals surface area contributed by atoms with Gasteiger partial charge >= 0.3 is 10.8 Å². The third-order valence-electron chi connectivity index (χ3n) is 5.97. The van der Waals surface area contributed by atoms with Crippen molar-refractivity contribution in [3.63, 3.8) is 0 Å². The summed E-state index contributed by atoms with van der Waals surface area (Å²) in [6.45, 7) is 1.76. The van der Waals surface area contributed by atoms with Gasteiger partial charge in [0.2, 0.25) is 11.8 Å². The van der Waals surface area contributed by atoms with Gasteiger partial charge in [0.1, 0.15) is 24.2 Å². The van der Waals surface area contributed by atoms with Crippen LogP contribution in [0.25, 0.3) is 0 Å². The van der Waals surface area contributed by atoms with E-state index in [2.05, 4.69) is 4.98 Å².